The Morgan fingerprint density at radius 2 is 2.23 bits per heavy atom. The van der Waals surface area contributed by atoms with Gasteiger partial charge < -0.3 is 21.2 Å². The molecule has 1 fully saturated rings. The lowest BCUT2D eigenvalue weighted by Crippen LogP contribution is -2.31. The molecule has 1 saturated heterocycles. The van der Waals surface area contributed by atoms with Gasteiger partial charge in [0.1, 0.15) is 6.04 Å². The zero-order valence-electron chi connectivity index (χ0n) is 17.7. The zero-order chi connectivity index (χ0) is 23.0. The quantitative estimate of drug-likeness (QED) is 0.233. The van der Waals surface area contributed by atoms with Crippen molar-refractivity contribution in [2.24, 2.45) is 11.7 Å². The Kier molecular flexibility index (Phi) is 10.2. The third-order valence-corrected chi connectivity index (χ3v) is 6.53. The minimum absolute atomic E-state index is 0.236. The third kappa shape index (κ3) is 7.44. The van der Waals surface area contributed by atoms with E-state index >= 15 is 0 Å². The summed E-state index contributed by atoms with van der Waals surface area (Å²) in [6, 6.07) is 0.894. The number of nitrogens with one attached hydrogen (secondary N) is 2. The Balaban J connectivity index is 2.49. The van der Waals surface area contributed by atoms with Crippen molar-refractivity contribution in [2.45, 2.75) is 32.2 Å². The molecule has 0 amide bonds. The summed E-state index contributed by atoms with van der Waals surface area (Å²) in [5, 5.41) is 12.9. The molecule has 2 rings (SSSR count). The molecule has 2 heterocycles. The molecule has 168 valence electrons. The van der Waals surface area contributed by atoms with Gasteiger partial charge in [-0.2, -0.15) is 0 Å². The van der Waals surface area contributed by atoms with Crippen LogP contribution in [0.3, 0.4) is 0 Å². The molecule has 8 heteroatoms. The molecular formula is C23H29Cl2N3O2S. The highest BCUT2D eigenvalue weighted by Gasteiger charge is 2.27. The first-order chi connectivity index (χ1) is 14.8. The summed E-state index contributed by atoms with van der Waals surface area (Å²) in [5.74, 6) is -0.139. The number of allylic oxidation sites excluding steroid dienone is 6. The van der Waals surface area contributed by atoms with Gasteiger partial charge in [-0.25, -0.2) is 4.79 Å². The Morgan fingerprint density at radius 1 is 1.48 bits per heavy atom. The first-order valence-electron chi connectivity index (χ1n) is 10.2. The van der Waals surface area contributed by atoms with Crippen LogP contribution in [0.2, 0.25) is 0 Å². The maximum Gasteiger partial charge on any atom is 0.328 e. The van der Waals surface area contributed by atoms with Gasteiger partial charge in [-0.1, -0.05) is 42.4 Å². The lowest BCUT2D eigenvalue weighted by molar-refractivity contribution is -0.144. The van der Waals surface area contributed by atoms with Crippen molar-refractivity contribution in [3.63, 3.8) is 0 Å². The molecule has 31 heavy (non-hydrogen) atoms. The molecule has 0 aliphatic carbocycles. The van der Waals surface area contributed by atoms with Crippen molar-refractivity contribution in [3.05, 3.63) is 62.8 Å². The van der Waals surface area contributed by atoms with E-state index in [1.807, 2.05) is 6.07 Å². The number of carbonyl (C=O) groups excluding carboxylic acids is 1. The fourth-order valence-corrected chi connectivity index (χ4v) is 4.81. The van der Waals surface area contributed by atoms with Gasteiger partial charge in [0.05, 0.1) is 6.61 Å². The highest BCUT2D eigenvalue weighted by Crippen LogP contribution is 2.36. The summed E-state index contributed by atoms with van der Waals surface area (Å²) in [7, 11) is 0. The van der Waals surface area contributed by atoms with Gasteiger partial charge in [0.25, 0.3) is 0 Å². The molecule has 5 nitrogen and oxygen atoms in total. The lowest BCUT2D eigenvalue weighted by atomic mass is 9.91. The number of rotatable bonds is 10. The van der Waals surface area contributed by atoms with E-state index in [4.69, 9.17) is 39.1 Å². The van der Waals surface area contributed by atoms with Gasteiger partial charge in [0, 0.05) is 31.1 Å². The van der Waals surface area contributed by atoms with E-state index in [1.165, 1.54) is 17.4 Å². The number of carbonyl (C=O) groups is 1. The van der Waals surface area contributed by atoms with Crippen LogP contribution in [0.25, 0.3) is 5.57 Å². The predicted octanol–water partition coefficient (Wildman–Crippen LogP) is 5.51. The Bertz CT molecular complexity index is 899. The molecule has 0 spiro atoms. The van der Waals surface area contributed by atoms with E-state index < -0.39 is 12.0 Å². The molecule has 0 radical (unpaired) electrons. The number of ether oxygens (including phenoxy) is 1. The van der Waals surface area contributed by atoms with Crippen LogP contribution in [0.1, 0.15) is 47.5 Å². The third-order valence-electron chi connectivity index (χ3n) is 4.89. The van der Waals surface area contributed by atoms with Crippen molar-refractivity contribution < 1.29 is 9.53 Å². The SMILES string of the molecule is C=C/C(Cl)=C\C(=C/C(=C)Cl)c1cc(C(=N)CC2CCCNC2)c(C(N)C(=O)OCC)s1. The van der Waals surface area contributed by atoms with Crippen molar-refractivity contribution in [1.29, 1.82) is 5.41 Å². The number of nitrogens with two attached hydrogens (primary N) is 1. The summed E-state index contributed by atoms with van der Waals surface area (Å²) in [6.07, 6.45) is 7.68. The fourth-order valence-electron chi connectivity index (χ4n) is 3.41. The molecule has 0 bridgehead atoms. The first-order valence-corrected chi connectivity index (χ1v) is 11.7. The molecule has 2 unspecified atom stereocenters. The van der Waals surface area contributed by atoms with E-state index in [-0.39, 0.29) is 6.61 Å². The van der Waals surface area contributed by atoms with Gasteiger partial charge in [-0.15, -0.1) is 11.3 Å². The summed E-state index contributed by atoms with van der Waals surface area (Å²) >= 11 is 13.5. The van der Waals surface area contributed by atoms with Gasteiger partial charge >= 0.3 is 5.97 Å². The lowest BCUT2D eigenvalue weighted by Gasteiger charge is -2.23. The van der Waals surface area contributed by atoms with Crippen LogP contribution in [-0.2, 0) is 9.53 Å². The Morgan fingerprint density at radius 3 is 2.81 bits per heavy atom. The van der Waals surface area contributed by atoms with Gasteiger partial charge in [-0.05, 0) is 69.0 Å². The minimum atomic E-state index is -0.974. The van der Waals surface area contributed by atoms with Crippen LogP contribution in [0, 0.1) is 11.3 Å². The van der Waals surface area contributed by atoms with Crippen molar-refractivity contribution >= 4 is 51.8 Å². The summed E-state index contributed by atoms with van der Waals surface area (Å²) < 4.78 is 5.13. The number of halogens is 2. The molecule has 4 N–H and O–H groups in total. The standard InChI is InChI=1S/C23H29Cl2N3O2S/c1-4-17(25)11-16(9-14(3)24)20-12-18(19(26)10-15-7-6-8-28-13-15)22(31-20)21(27)23(29)30-5-2/h4,9,11-12,15,21,26,28H,1,3,5-8,10,13,27H2,2H3/b16-9+,17-11+,26-19?. The minimum Gasteiger partial charge on any atom is -0.465 e. The van der Waals surface area contributed by atoms with Crippen molar-refractivity contribution in [3.8, 4) is 0 Å². The monoisotopic (exact) mass is 481 g/mol. The average molecular weight is 482 g/mol. The fraction of sp³-hybridized carbons (Fsp3) is 0.391. The van der Waals surface area contributed by atoms with Crippen LogP contribution in [-0.4, -0.2) is 31.4 Å². The second-order valence-corrected chi connectivity index (χ2v) is 9.30. The molecule has 0 aromatic carbocycles. The molecule has 1 aromatic rings. The second-order valence-electron chi connectivity index (χ2n) is 7.29. The molecule has 0 saturated carbocycles. The smallest absolute Gasteiger partial charge is 0.328 e. The van der Waals surface area contributed by atoms with E-state index in [0.717, 1.165) is 30.8 Å². The number of hydrogen-bond acceptors (Lipinski definition) is 6. The van der Waals surface area contributed by atoms with Crippen LogP contribution < -0.4 is 11.1 Å². The average Bonchev–Trinajstić information content (AvgIpc) is 3.18. The highest BCUT2D eigenvalue weighted by atomic mass is 35.5. The van der Waals surface area contributed by atoms with Crippen LogP contribution in [0.15, 0.2) is 47.5 Å². The number of thiophene rings is 1. The second kappa shape index (κ2) is 12.4. The molecule has 1 aliphatic heterocycles. The van der Waals surface area contributed by atoms with E-state index in [0.29, 0.717) is 44.1 Å². The van der Waals surface area contributed by atoms with Gasteiger partial charge in [-0.3, -0.25) is 0 Å². The van der Waals surface area contributed by atoms with Crippen LogP contribution in [0.4, 0.5) is 0 Å². The topological polar surface area (TPSA) is 88.2 Å². The molecule has 2 atom stereocenters. The normalized spacial score (nSPS) is 18.4. The van der Waals surface area contributed by atoms with Gasteiger partial charge in [0.15, 0.2) is 0 Å². The number of piperidine rings is 1. The first kappa shape index (κ1) is 25.6. The van der Waals surface area contributed by atoms with Gasteiger partial charge in [0.2, 0.25) is 0 Å². The predicted molar refractivity (Wildman–Crippen MR) is 132 cm³/mol. The zero-order valence-corrected chi connectivity index (χ0v) is 20.0. The van der Waals surface area contributed by atoms with E-state index in [2.05, 4.69) is 18.5 Å². The molecular weight excluding hydrogens is 453 g/mol. The highest BCUT2D eigenvalue weighted by molar-refractivity contribution is 7.13. The van der Waals surface area contributed by atoms with E-state index in [1.54, 1.807) is 19.1 Å². The Hall–Kier alpha value is -1.70. The maximum atomic E-state index is 12.4. The van der Waals surface area contributed by atoms with Crippen molar-refractivity contribution in [2.75, 3.05) is 19.7 Å². The summed E-state index contributed by atoms with van der Waals surface area (Å²) in [6.45, 7) is 11.3. The molecule has 1 aliphatic rings. The largest absolute Gasteiger partial charge is 0.465 e. The summed E-state index contributed by atoms with van der Waals surface area (Å²) in [4.78, 5) is 13.7. The molecule has 1 aromatic heterocycles. The summed E-state index contributed by atoms with van der Waals surface area (Å²) in [5.41, 5.74) is 8.05. The number of hydrogen-bond donors (Lipinski definition) is 3. The number of esters is 1. The van der Waals surface area contributed by atoms with Crippen molar-refractivity contribution in [1.82, 2.24) is 5.32 Å². The maximum absolute atomic E-state index is 12.4. The van der Waals surface area contributed by atoms with Crippen LogP contribution >= 0.6 is 34.5 Å². The van der Waals surface area contributed by atoms with E-state index in [9.17, 15) is 4.79 Å². The Labute approximate surface area is 198 Å². The van der Waals surface area contributed by atoms with Crippen LogP contribution in [0.5, 0.6) is 0 Å².